The minimum atomic E-state index is -2.93. The fourth-order valence-corrected chi connectivity index (χ4v) is 51.5. The number of benzene rings is 16. The van der Waals surface area contributed by atoms with Gasteiger partial charge < -0.3 is 0 Å². The monoisotopic (exact) mass is 1140 g/mol. The van der Waals surface area contributed by atoms with E-state index in [-0.39, 0.29) is 0 Å². The molecule has 0 saturated heterocycles. The van der Waals surface area contributed by atoms with Crippen molar-refractivity contribution in [3.05, 3.63) is 267 Å². The van der Waals surface area contributed by atoms with Crippen molar-refractivity contribution in [1.29, 1.82) is 0 Å². The quantitative estimate of drug-likeness (QED) is 0.0808. The van der Waals surface area contributed by atoms with Crippen LogP contribution in [0.3, 0.4) is 0 Å². The Labute approximate surface area is 454 Å². The molecule has 0 aromatic heterocycles. The van der Waals surface area contributed by atoms with E-state index in [2.05, 4.69) is 267 Å². The van der Waals surface area contributed by atoms with E-state index in [1.807, 2.05) is 0 Å². The van der Waals surface area contributed by atoms with Crippen LogP contribution in [0.5, 0.6) is 0 Å². The van der Waals surface area contributed by atoms with Crippen LogP contribution in [0.15, 0.2) is 267 Å². The van der Waals surface area contributed by atoms with Crippen LogP contribution in [0, 0.1) is 0 Å². The zero-order valence-electron chi connectivity index (χ0n) is 41.7. The van der Waals surface area contributed by atoms with Crippen LogP contribution < -0.4 is 21.2 Å². The van der Waals surface area contributed by atoms with Gasteiger partial charge in [0.25, 0.3) is 0 Å². The molecule has 4 atom stereocenters. The predicted octanol–water partition coefficient (Wildman–Crippen LogP) is 19.7. The first kappa shape index (κ1) is 46.1. The summed E-state index contributed by atoms with van der Waals surface area (Å²) in [5.41, 5.74) is 0. The predicted molar refractivity (Wildman–Crippen MR) is 348 cm³/mol. The summed E-state index contributed by atoms with van der Waals surface area (Å²) in [7, 11) is 0. The second-order valence-corrected chi connectivity index (χ2v) is 52.3. The van der Waals surface area contributed by atoms with Crippen molar-refractivity contribution < 1.29 is 13.6 Å². The Morgan fingerprint density at radius 1 is 0.143 bits per heavy atom. The molecule has 0 saturated carbocycles. The Hall–Kier alpha value is -6.98. The van der Waals surface area contributed by atoms with E-state index in [0.717, 1.165) is 0 Å². The van der Waals surface area contributed by atoms with Gasteiger partial charge in [0, 0.05) is 0 Å². The molecule has 16 aromatic carbocycles. The molecule has 5 heteroatoms. The molecule has 0 aliphatic carbocycles. The molecule has 16 aromatic rings. The molecule has 0 aliphatic rings. The maximum absolute atomic E-state index is 2.93. The first-order valence-electron chi connectivity index (χ1n) is 26.2. The zero-order valence-corrected chi connectivity index (χ0v) is 47.3. The van der Waals surface area contributed by atoms with Crippen molar-refractivity contribution >= 4 is 178 Å². The molecule has 0 N–H and O–H groups in total. The van der Waals surface area contributed by atoms with Gasteiger partial charge in [-0.3, -0.25) is 0 Å². The second-order valence-electron chi connectivity index (χ2n) is 20.1. The average molecular weight is 1140 g/mol. The fraction of sp³-hybridized carbons (Fsp3) is 0. The summed E-state index contributed by atoms with van der Waals surface area (Å²) in [6.07, 6.45) is 0. The summed E-state index contributed by atoms with van der Waals surface area (Å²) < 4.78 is 0. The molecular weight excluding hydrogens is 1100 g/mol. The molecule has 77 heavy (non-hydrogen) atoms. The Morgan fingerprint density at radius 2 is 0.273 bits per heavy atom. The maximum atomic E-state index is 2.54. The minimum absolute atomic E-state index is 0.606. The molecule has 0 fully saturated rings. The Morgan fingerprint density at radius 3 is 0.442 bits per heavy atom. The van der Waals surface area contributed by atoms with Crippen LogP contribution in [0.25, 0.3) is 129 Å². The van der Waals surface area contributed by atoms with Crippen molar-refractivity contribution in [1.82, 2.24) is 0 Å². The Balaban J connectivity index is 1.05. The normalized spacial score (nSPS) is 14.0. The third-order valence-corrected chi connectivity index (χ3v) is 48.0. The van der Waals surface area contributed by atoms with E-state index in [1.165, 1.54) is 150 Å². The molecule has 0 spiro atoms. The second kappa shape index (κ2) is 18.6. The summed E-state index contributed by atoms with van der Waals surface area (Å²) in [5, 5.41) is 38.6. The molecule has 4 unspecified atom stereocenters. The van der Waals surface area contributed by atoms with Gasteiger partial charge >= 0.3 is 458 Å². The summed E-state index contributed by atoms with van der Waals surface area (Å²) in [4.78, 5) is 0. The Bertz CT molecular complexity index is 4320. The van der Waals surface area contributed by atoms with Crippen LogP contribution in [0.1, 0.15) is 0 Å². The molecule has 0 radical (unpaired) electrons. The van der Waals surface area contributed by atoms with Crippen molar-refractivity contribution in [3.63, 3.8) is 0 Å². The molecule has 0 aliphatic heterocycles. The Kier molecular flexibility index (Phi) is 11.1. The topological polar surface area (TPSA) is 0 Å². The van der Waals surface area contributed by atoms with Crippen LogP contribution in [0.2, 0.25) is 0 Å². The third kappa shape index (κ3) is 7.38. The van der Waals surface area contributed by atoms with Crippen LogP contribution >= 0.6 is 27.1 Å². The van der Waals surface area contributed by atoms with Crippen molar-refractivity contribution in [2.24, 2.45) is 0 Å². The van der Waals surface area contributed by atoms with Crippen LogP contribution in [0.4, 0.5) is 0 Å². The van der Waals surface area contributed by atoms with E-state index in [1.54, 1.807) is 0 Å². The molecule has 366 valence electrons. The molecule has 16 rings (SSSR count). The summed E-state index contributed by atoms with van der Waals surface area (Å²) in [5.74, 6) is 0. The fourth-order valence-electron chi connectivity index (χ4n) is 12.7. The van der Waals surface area contributed by atoms with Gasteiger partial charge in [0.15, 0.2) is 0 Å². The first-order valence-corrected chi connectivity index (χ1v) is 38.8. The van der Waals surface area contributed by atoms with E-state index in [0.29, 0.717) is 27.1 Å². The van der Waals surface area contributed by atoms with Crippen LogP contribution in [-0.2, 0) is 13.6 Å². The van der Waals surface area contributed by atoms with Gasteiger partial charge in [-0.15, -0.1) is 0 Å². The van der Waals surface area contributed by atoms with Gasteiger partial charge in [0.05, 0.1) is 0 Å². The van der Waals surface area contributed by atoms with Gasteiger partial charge in [0.2, 0.25) is 0 Å². The average Bonchev–Trinajstić information content (AvgIpc) is 3.52. The number of hydrogen-bond donors (Lipinski definition) is 0. The molecule has 0 bridgehead atoms. The first-order chi connectivity index (χ1) is 38.2. The van der Waals surface area contributed by atoms with Gasteiger partial charge in [-0.25, -0.2) is 0 Å². The van der Waals surface area contributed by atoms with Gasteiger partial charge in [0.1, 0.15) is 0 Å². The van der Waals surface area contributed by atoms with Crippen molar-refractivity contribution in [2.45, 2.75) is 0 Å². The van der Waals surface area contributed by atoms with Crippen LogP contribution in [-0.4, -0.2) is 0 Å². The van der Waals surface area contributed by atoms with E-state index >= 15 is 0 Å². The van der Waals surface area contributed by atoms with E-state index in [4.69, 9.17) is 0 Å². The van der Waals surface area contributed by atoms with Gasteiger partial charge in [-0.1, -0.05) is 0 Å². The summed E-state index contributed by atoms with van der Waals surface area (Å²) in [6.45, 7) is 2.42. The zero-order chi connectivity index (χ0) is 50.6. The molecule has 0 heterocycles. The number of fused-ring (bicyclic) bond motifs is 24. The summed E-state index contributed by atoms with van der Waals surface area (Å²) >= 11 is -2.93. The molecule has 0 amide bonds. The van der Waals surface area contributed by atoms with Gasteiger partial charge in [-0.2, -0.15) is 0 Å². The van der Waals surface area contributed by atoms with Gasteiger partial charge in [-0.05, 0) is 0 Å². The standard InChI is InChI=1S/4C18H12P.Pd/c4*19-17-11-5-10-16-14-7-2-1-6-12(14)13-8-3-4-9-15(13)18(16)17;/h4*1-11,19H;/q4*-1;+4. The van der Waals surface area contributed by atoms with Crippen molar-refractivity contribution in [3.8, 4) is 0 Å². The molecule has 0 nitrogen and oxygen atoms in total. The van der Waals surface area contributed by atoms with E-state index in [9.17, 15) is 0 Å². The van der Waals surface area contributed by atoms with Crippen molar-refractivity contribution in [2.75, 3.05) is 0 Å². The SMILES string of the molecule is c1ccc2c(c1)c1ccccc1c1c([PH][Pd]([PH]c3cccc4c5ccccc5c5ccccc5c34)([PH]c3cccc4c5ccccc5c5ccccc5c34)[PH]c3cccc4c5ccccc5c5ccccc5c34)cccc21. The third-order valence-electron chi connectivity index (χ3n) is 15.9. The number of hydrogen-bond acceptors (Lipinski definition) is 0. The van der Waals surface area contributed by atoms with E-state index < -0.39 is 13.6 Å². The summed E-state index contributed by atoms with van der Waals surface area (Å²) in [6, 6.07) is 103. The molecular formula is C72H48P4Pd. The number of rotatable bonds is 8.